The SMILES string of the molecule is CCC(C)(CC)N(N)O. The van der Waals surface area contributed by atoms with Crippen LogP contribution in [0.3, 0.4) is 0 Å². The highest BCUT2D eigenvalue weighted by Gasteiger charge is 2.24. The van der Waals surface area contributed by atoms with E-state index in [4.69, 9.17) is 11.0 Å². The smallest absolute Gasteiger partial charge is 0.0584 e. The molecule has 0 fully saturated rings. The molecule has 3 heteroatoms. The molecule has 0 unspecified atom stereocenters. The van der Waals surface area contributed by atoms with Crippen LogP contribution in [0.15, 0.2) is 0 Å². The van der Waals surface area contributed by atoms with Crippen LogP contribution in [-0.4, -0.2) is 15.9 Å². The molecule has 0 aliphatic rings. The summed E-state index contributed by atoms with van der Waals surface area (Å²) in [6.45, 7) is 5.92. The van der Waals surface area contributed by atoms with Gasteiger partial charge in [-0.05, 0) is 19.8 Å². The van der Waals surface area contributed by atoms with Crippen molar-refractivity contribution in [3.63, 3.8) is 0 Å². The Morgan fingerprint density at radius 1 is 1.44 bits per heavy atom. The van der Waals surface area contributed by atoms with E-state index in [0.29, 0.717) is 0 Å². The fraction of sp³-hybridized carbons (Fsp3) is 1.00. The summed E-state index contributed by atoms with van der Waals surface area (Å²) in [4.78, 5) is 0. The highest BCUT2D eigenvalue weighted by molar-refractivity contribution is 4.74. The minimum Gasteiger partial charge on any atom is -0.299 e. The van der Waals surface area contributed by atoms with Crippen molar-refractivity contribution in [2.24, 2.45) is 5.84 Å². The molecule has 0 rings (SSSR count). The van der Waals surface area contributed by atoms with E-state index >= 15 is 0 Å². The van der Waals surface area contributed by atoms with Crippen LogP contribution in [0.4, 0.5) is 0 Å². The molecule has 9 heavy (non-hydrogen) atoms. The lowest BCUT2D eigenvalue weighted by molar-refractivity contribution is -0.173. The second kappa shape index (κ2) is 3.15. The molecule has 0 spiro atoms. The van der Waals surface area contributed by atoms with Crippen LogP contribution < -0.4 is 5.84 Å². The number of rotatable bonds is 3. The van der Waals surface area contributed by atoms with Gasteiger partial charge < -0.3 is 0 Å². The van der Waals surface area contributed by atoms with Gasteiger partial charge >= 0.3 is 0 Å². The Bertz CT molecular complexity index is 79.1. The molecule has 0 heterocycles. The molecule has 3 N–H and O–H groups in total. The van der Waals surface area contributed by atoms with Crippen LogP contribution in [-0.2, 0) is 0 Å². The molecule has 0 aromatic heterocycles. The molecule has 0 aromatic rings. The predicted molar refractivity (Wildman–Crippen MR) is 36.8 cm³/mol. The van der Waals surface area contributed by atoms with Gasteiger partial charge in [-0.1, -0.05) is 13.8 Å². The Morgan fingerprint density at radius 3 is 1.78 bits per heavy atom. The average Bonchev–Trinajstić information content (AvgIpc) is 1.86. The molecule has 3 nitrogen and oxygen atoms in total. The molecule has 0 atom stereocenters. The monoisotopic (exact) mass is 132 g/mol. The number of nitrogens with zero attached hydrogens (tertiary/aromatic N) is 1. The first-order valence-corrected chi connectivity index (χ1v) is 3.30. The maximum atomic E-state index is 8.88. The molecule has 0 aliphatic heterocycles. The first kappa shape index (κ1) is 8.88. The third-order valence-electron chi connectivity index (χ3n) is 2.08. The Labute approximate surface area is 56.4 Å². The van der Waals surface area contributed by atoms with Crippen molar-refractivity contribution in [1.82, 2.24) is 5.17 Å². The van der Waals surface area contributed by atoms with E-state index < -0.39 is 0 Å². The molecule has 0 amide bonds. The topological polar surface area (TPSA) is 49.5 Å². The van der Waals surface area contributed by atoms with Crippen molar-refractivity contribution in [1.29, 1.82) is 0 Å². The van der Waals surface area contributed by atoms with Gasteiger partial charge in [-0.3, -0.25) is 5.21 Å². The van der Waals surface area contributed by atoms with Gasteiger partial charge in [0.25, 0.3) is 0 Å². The van der Waals surface area contributed by atoms with E-state index in [1.54, 1.807) is 0 Å². The van der Waals surface area contributed by atoms with Crippen LogP contribution in [0.25, 0.3) is 0 Å². The van der Waals surface area contributed by atoms with E-state index in [0.717, 1.165) is 18.0 Å². The number of hydrazine groups is 1. The Morgan fingerprint density at radius 2 is 1.78 bits per heavy atom. The van der Waals surface area contributed by atoms with Crippen LogP contribution >= 0.6 is 0 Å². The van der Waals surface area contributed by atoms with Gasteiger partial charge in [0.15, 0.2) is 0 Å². The summed E-state index contributed by atoms with van der Waals surface area (Å²) in [7, 11) is 0. The lowest BCUT2D eigenvalue weighted by Gasteiger charge is -2.31. The lowest BCUT2D eigenvalue weighted by Crippen LogP contribution is -2.47. The first-order chi connectivity index (χ1) is 4.06. The minimum absolute atomic E-state index is 0.250. The van der Waals surface area contributed by atoms with Gasteiger partial charge in [0.2, 0.25) is 0 Å². The number of hydrogen-bond acceptors (Lipinski definition) is 3. The summed E-state index contributed by atoms with van der Waals surface area (Å²) in [5, 5.41) is 9.68. The average molecular weight is 132 g/mol. The Balaban J connectivity index is 3.92. The molecule has 0 saturated carbocycles. The molecule has 0 saturated heterocycles. The molecule has 0 bridgehead atoms. The second-order valence-corrected chi connectivity index (χ2v) is 2.55. The van der Waals surface area contributed by atoms with E-state index in [2.05, 4.69) is 0 Å². The third kappa shape index (κ3) is 1.93. The molecule has 56 valence electrons. The summed E-state index contributed by atoms with van der Waals surface area (Å²) in [5.41, 5.74) is -0.250. The van der Waals surface area contributed by atoms with Crippen LogP contribution in [0.2, 0.25) is 0 Å². The largest absolute Gasteiger partial charge is 0.299 e. The number of hydroxylamine groups is 1. The second-order valence-electron chi connectivity index (χ2n) is 2.55. The predicted octanol–water partition coefficient (Wildman–Crippen LogP) is 1.13. The van der Waals surface area contributed by atoms with E-state index in [9.17, 15) is 0 Å². The highest BCUT2D eigenvalue weighted by atomic mass is 16.5. The summed E-state index contributed by atoms with van der Waals surface area (Å²) in [6, 6.07) is 0. The van der Waals surface area contributed by atoms with E-state index in [1.807, 2.05) is 20.8 Å². The van der Waals surface area contributed by atoms with E-state index in [-0.39, 0.29) is 5.54 Å². The van der Waals surface area contributed by atoms with Crippen LogP contribution in [0, 0.1) is 0 Å². The van der Waals surface area contributed by atoms with Crippen molar-refractivity contribution >= 4 is 0 Å². The summed E-state index contributed by atoms with van der Waals surface area (Å²) >= 11 is 0. The van der Waals surface area contributed by atoms with Gasteiger partial charge in [-0.25, -0.2) is 5.84 Å². The van der Waals surface area contributed by atoms with Gasteiger partial charge in [-0.15, -0.1) is 5.17 Å². The van der Waals surface area contributed by atoms with Crippen LogP contribution in [0.5, 0.6) is 0 Å². The fourth-order valence-electron chi connectivity index (χ4n) is 0.574. The first-order valence-electron chi connectivity index (χ1n) is 3.30. The number of hydrogen-bond donors (Lipinski definition) is 2. The summed E-state index contributed by atoms with van der Waals surface area (Å²) in [6.07, 6.45) is 1.72. The number of nitrogens with two attached hydrogens (primary N) is 1. The maximum absolute atomic E-state index is 8.88. The van der Waals surface area contributed by atoms with Crippen LogP contribution in [0.1, 0.15) is 33.6 Å². The van der Waals surface area contributed by atoms with Gasteiger partial charge in [0.1, 0.15) is 0 Å². The summed E-state index contributed by atoms with van der Waals surface area (Å²) in [5.74, 6) is 5.18. The molecular formula is C6H16N2O. The Kier molecular flexibility index (Phi) is 3.11. The molecular weight excluding hydrogens is 116 g/mol. The highest BCUT2D eigenvalue weighted by Crippen LogP contribution is 2.17. The van der Waals surface area contributed by atoms with Gasteiger partial charge in [0, 0.05) is 0 Å². The van der Waals surface area contributed by atoms with E-state index in [1.165, 1.54) is 0 Å². The van der Waals surface area contributed by atoms with Crippen molar-refractivity contribution in [3.05, 3.63) is 0 Å². The van der Waals surface area contributed by atoms with Crippen molar-refractivity contribution < 1.29 is 5.21 Å². The Hall–Kier alpha value is -0.120. The molecule has 0 aliphatic carbocycles. The zero-order valence-corrected chi connectivity index (χ0v) is 6.39. The van der Waals surface area contributed by atoms with Crippen molar-refractivity contribution in [3.8, 4) is 0 Å². The maximum Gasteiger partial charge on any atom is 0.0584 e. The fourth-order valence-corrected chi connectivity index (χ4v) is 0.574. The van der Waals surface area contributed by atoms with Gasteiger partial charge in [0.05, 0.1) is 5.54 Å². The lowest BCUT2D eigenvalue weighted by atomic mass is 9.97. The summed E-state index contributed by atoms with van der Waals surface area (Å²) < 4.78 is 0. The van der Waals surface area contributed by atoms with Crippen molar-refractivity contribution in [2.75, 3.05) is 0 Å². The quantitative estimate of drug-likeness (QED) is 0.447. The van der Waals surface area contributed by atoms with Crippen molar-refractivity contribution in [2.45, 2.75) is 39.2 Å². The molecule has 0 aromatic carbocycles. The standard InChI is InChI=1S/C6H16N2O/c1-4-6(3,5-2)8(7)9/h9H,4-5,7H2,1-3H3. The normalized spacial score (nSPS) is 12.7. The molecule has 0 radical (unpaired) electrons. The zero-order valence-electron chi connectivity index (χ0n) is 6.39. The third-order valence-corrected chi connectivity index (χ3v) is 2.08. The zero-order chi connectivity index (χ0) is 7.49. The minimum atomic E-state index is -0.250. The van der Waals surface area contributed by atoms with Gasteiger partial charge in [-0.2, -0.15) is 0 Å².